The van der Waals surface area contributed by atoms with E-state index in [1.807, 2.05) is 0 Å². The molecule has 11 heavy (non-hydrogen) atoms. The molecule has 2 rings (SSSR count). The molecule has 1 saturated heterocycles. The smallest absolute Gasteiger partial charge is 0.0310 e. The lowest BCUT2D eigenvalue weighted by molar-refractivity contribution is 0.150. The van der Waals surface area contributed by atoms with Gasteiger partial charge in [-0.05, 0) is 26.3 Å². The molecule has 2 aliphatic rings. The van der Waals surface area contributed by atoms with E-state index < -0.39 is 0 Å². The fraction of sp³-hybridized carbons (Fsp3) is 1.00. The summed E-state index contributed by atoms with van der Waals surface area (Å²) in [5.74, 6) is 0. The minimum absolute atomic E-state index is 0.556. The second kappa shape index (κ2) is 2.46. The van der Waals surface area contributed by atoms with Crippen LogP contribution >= 0.6 is 0 Å². The van der Waals surface area contributed by atoms with Gasteiger partial charge in [0.05, 0.1) is 0 Å². The third-order valence-corrected chi connectivity index (χ3v) is 3.21. The summed E-state index contributed by atoms with van der Waals surface area (Å²) < 4.78 is 0. The van der Waals surface area contributed by atoms with Crippen molar-refractivity contribution in [2.24, 2.45) is 0 Å². The Morgan fingerprint density at radius 2 is 2.27 bits per heavy atom. The van der Waals surface area contributed by atoms with Crippen LogP contribution in [-0.4, -0.2) is 36.6 Å². The molecule has 0 amide bonds. The highest BCUT2D eigenvalue weighted by molar-refractivity contribution is 5.07. The molecule has 0 bridgehead atoms. The van der Waals surface area contributed by atoms with E-state index in [4.69, 9.17) is 0 Å². The molecule has 2 fully saturated rings. The highest BCUT2D eigenvalue weighted by Gasteiger charge is 2.46. The van der Waals surface area contributed by atoms with Crippen molar-refractivity contribution < 1.29 is 0 Å². The van der Waals surface area contributed by atoms with Gasteiger partial charge in [0.25, 0.3) is 0 Å². The maximum Gasteiger partial charge on any atom is 0.0310 e. The van der Waals surface area contributed by atoms with E-state index >= 15 is 0 Å². The van der Waals surface area contributed by atoms with Crippen LogP contribution in [0.1, 0.15) is 26.2 Å². The number of rotatable bonds is 1. The summed E-state index contributed by atoms with van der Waals surface area (Å²) in [6.45, 7) is 4.74. The van der Waals surface area contributed by atoms with E-state index in [2.05, 4.69) is 24.2 Å². The summed E-state index contributed by atoms with van der Waals surface area (Å²) in [5, 5.41) is 3.66. The third kappa shape index (κ3) is 1.30. The average Bonchev–Trinajstić information content (AvgIpc) is 2.70. The molecule has 1 spiro atoms. The summed E-state index contributed by atoms with van der Waals surface area (Å²) >= 11 is 0. The second-order valence-electron chi connectivity index (χ2n) is 4.14. The fourth-order valence-corrected chi connectivity index (χ4v) is 2.09. The van der Waals surface area contributed by atoms with Crippen LogP contribution in [0.15, 0.2) is 0 Å². The number of nitrogens with zero attached hydrogens (tertiary/aromatic N) is 1. The van der Waals surface area contributed by atoms with Crippen molar-refractivity contribution in [2.45, 2.75) is 37.8 Å². The zero-order valence-corrected chi connectivity index (χ0v) is 7.56. The van der Waals surface area contributed by atoms with Gasteiger partial charge in [0.2, 0.25) is 0 Å². The predicted octanol–water partition coefficient (Wildman–Crippen LogP) is 0.833. The van der Waals surface area contributed by atoms with E-state index in [9.17, 15) is 0 Å². The Balaban J connectivity index is 1.94. The predicted molar refractivity (Wildman–Crippen MR) is 46.7 cm³/mol. The first-order valence-corrected chi connectivity index (χ1v) is 4.71. The van der Waals surface area contributed by atoms with Crippen molar-refractivity contribution in [2.75, 3.05) is 20.1 Å². The van der Waals surface area contributed by atoms with Crippen molar-refractivity contribution >= 4 is 0 Å². The molecule has 0 aromatic carbocycles. The van der Waals surface area contributed by atoms with Crippen LogP contribution in [0.2, 0.25) is 0 Å². The highest BCUT2D eigenvalue weighted by atomic mass is 15.2. The standard InChI is InChI=1S/C9H18N2/c1-3-8-6-10-9(4-5-9)7-11(8)2/h8,10H,3-7H2,1-2H3. The van der Waals surface area contributed by atoms with Gasteiger partial charge < -0.3 is 10.2 Å². The zero-order valence-electron chi connectivity index (χ0n) is 7.56. The Morgan fingerprint density at radius 1 is 1.55 bits per heavy atom. The van der Waals surface area contributed by atoms with Gasteiger partial charge in [-0.2, -0.15) is 0 Å². The van der Waals surface area contributed by atoms with Gasteiger partial charge >= 0.3 is 0 Å². The summed E-state index contributed by atoms with van der Waals surface area (Å²) in [6, 6.07) is 0.779. The lowest BCUT2D eigenvalue weighted by Crippen LogP contribution is -2.56. The fourth-order valence-electron chi connectivity index (χ4n) is 2.09. The van der Waals surface area contributed by atoms with Crippen LogP contribution < -0.4 is 5.32 Å². The summed E-state index contributed by atoms with van der Waals surface area (Å²) in [7, 11) is 2.26. The second-order valence-corrected chi connectivity index (χ2v) is 4.14. The summed E-state index contributed by atoms with van der Waals surface area (Å²) in [4.78, 5) is 2.52. The van der Waals surface area contributed by atoms with E-state index in [-0.39, 0.29) is 0 Å². The molecule has 2 heteroatoms. The Labute approximate surface area is 69.0 Å². The van der Waals surface area contributed by atoms with Crippen LogP contribution in [0.25, 0.3) is 0 Å². The van der Waals surface area contributed by atoms with Crippen LogP contribution in [0.3, 0.4) is 0 Å². The number of piperazine rings is 1. The Bertz CT molecular complexity index is 152. The Hall–Kier alpha value is -0.0800. The first-order chi connectivity index (χ1) is 5.26. The topological polar surface area (TPSA) is 15.3 Å². The van der Waals surface area contributed by atoms with Gasteiger partial charge in [-0.3, -0.25) is 0 Å². The van der Waals surface area contributed by atoms with E-state index in [1.54, 1.807) is 0 Å². The highest BCUT2D eigenvalue weighted by Crippen LogP contribution is 2.38. The molecule has 0 aromatic rings. The molecular formula is C9H18N2. The Kier molecular flexibility index (Phi) is 1.69. The third-order valence-electron chi connectivity index (χ3n) is 3.21. The maximum absolute atomic E-state index is 3.66. The molecule has 1 unspecified atom stereocenters. The normalized spacial score (nSPS) is 36.0. The molecule has 1 heterocycles. The van der Waals surface area contributed by atoms with Crippen LogP contribution in [-0.2, 0) is 0 Å². The lowest BCUT2D eigenvalue weighted by atomic mass is 10.1. The molecule has 1 atom stereocenters. The van der Waals surface area contributed by atoms with Crippen LogP contribution in [0.5, 0.6) is 0 Å². The van der Waals surface area contributed by atoms with Crippen molar-refractivity contribution in [3.05, 3.63) is 0 Å². The van der Waals surface area contributed by atoms with Crippen LogP contribution in [0.4, 0.5) is 0 Å². The van der Waals surface area contributed by atoms with E-state index in [1.165, 1.54) is 32.4 Å². The first kappa shape index (κ1) is 7.56. The summed E-state index contributed by atoms with van der Waals surface area (Å²) in [6.07, 6.45) is 4.07. The van der Waals surface area contributed by atoms with Gasteiger partial charge in [0.15, 0.2) is 0 Å². The van der Waals surface area contributed by atoms with Gasteiger partial charge in [-0.15, -0.1) is 0 Å². The van der Waals surface area contributed by atoms with Gasteiger partial charge in [-0.1, -0.05) is 6.92 Å². The lowest BCUT2D eigenvalue weighted by Gasteiger charge is -2.38. The van der Waals surface area contributed by atoms with Crippen molar-refractivity contribution in [3.8, 4) is 0 Å². The molecular weight excluding hydrogens is 136 g/mol. The molecule has 0 aromatic heterocycles. The van der Waals surface area contributed by atoms with Gasteiger partial charge in [0.1, 0.15) is 0 Å². The first-order valence-electron chi connectivity index (χ1n) is 4.71. The molecule has 1 aliphatic heterocycles. The number of nitrogens with one attached hydrogen (secondary N) is 1. The molecule has 1 aliphatic carbocycles. The zero-order chi connectivity index (χ0) is 7.90. The quantitative estimate of drug-likeness (QED) is 0.602. The SMILES string of the molecule is CCC1CNC2(CC2)CN1C. The maximum atomic E-state index is 3.66. The van der Waals surface area contributed by atoms with Gasteiger partial charge in [-0.25, -0.2) is 0 Å². The largest absolute Gasteiger partial charge is 0.308 e. The number of hydrogen-bond acceptors (Lipinski definition) is 2. The molecule has 64 valence electrons. The number of hydrogen-bond donors (Lipinski definition) is 1. The Morgan fingerprint density at radius 3 is 2.73 bits per heavy atom. The molecule has 2 nitrogen and oxygen atoms in total. The molecule has 0 radical (unpaired) electrons. The minimum atomic E-state index is 0.556. The monoisotopic (exact) mass is 154 g/mol. The minimum Gasteiger partial charge on any atom is -0.308 e. The van der Waals surface area contributed by atoms with Gasteiger partial charge in [0, 0.05) is 24.7 Å². The van der Waals surface area contributed by atoms with E-state index in [0.29, 0.717) is 5.54 Å². The summed E-state index contributed by atoms with van der Waals surface area (Å²) in [5.41, 5.74) is 0.556. The van der Waals surface area contributed by atoms with Crippen molar-refractivity contribution in [1.82, 2.24) is 10.2 Å². The molecule has 1 saturated carbocycles. The van der Waals surface area contributed by atoms with E-state index in [0.717, 1.165) is 6.04 Å². The van der Waals surface area contributed by atoms with Crippen LogP contribution in [0, 0.1) is 0 Å². The average molecular weight is 154 g/mol. The number of likely N-dealkylation sites (N-methyl/N-ethyl adjacent to an activating group) is 1. The molecule has 1 N–H and O–H groups in total. The van der Waals surface area contributed by atoms with Crippen molar-refractivity contribution in [3.63, 3.8) is 0 Å². The van der Waals surface area contributed by atoms with Crippen molar-refractivity contribution in [1.29, 1.82) is 0 Å².